The quantitative estimate of drug-likeness (QED) is 0.359. The van der Waals surface area contributed by atoms with E-state index >= 15 is 0 Å². The second-order valence-electron chi connectivity index (χ2n) is 6.57. The first-order chi connectivity index (χ1) is 13.8. The van der Waals surface area contributed by atoms with Gasteiger partial charge in [-0.15, -0.1) is 0 Å². The van der Waals surface area contributed by atoms with Crippen LogP contribution in [0.4, 0.5) is 17.6 Å². The molecule has 1 aromatic heterocycles. The fraction of sp³-hybridized carbons (Fsp3) is 0.136. The van der Waals surface area contributed by atoms with Crippen molar-refractivity contribution in [3.63, 3.8) is 0 Å². The minimum Gasteiger partial charge on any atom is -0.338 e. The normalized spacial score (nSPS) is 16.4. The molecule has 0 saturated carbocycles. The molecular weight excluding hydrogens is 404 g/mol. The Hall–Kier alpha value is -3.04. The summed E-state index contributed by atoms with van der Waals surface area (Å²) >= 11 is 6.09. The SMILES string of the molecule is Fc1cccc(Cl)c1-c1nc2ccc(C#CC3=CCC(C(F)(F)F)C=C3)cc2[nH]1. The largest absolute Gasteiger partial charge is 0.395 e. The average molecular weight is 417 g/mol. The van der Waals surface area contributed by atoms with E-state index in [0.717, 1.165) is 6.08 Å². The number of H-pyrrole nitrogens is 1. The van der Waals surface area contributed by atoms with Gasteiger partial charge in [-0.05, 0) is 36.8 Å². The maximum absolute atomic E-state index is 14.1. The summed E-state index contributed by atoms with van der Waals surface area (Å²) in [5, 5.41) is 0.247. The molecule has 0 amide bonds. The van der Waals surface area contributed by atoms with Gasteiger partial charge in [0, 0.05) is 11.1 Å². The highest BCUT2D eigenvalue weighted by Gasteiger charge is 2.37. The molecule has 0 spiro atoms. The molecule has 146 valence electrons. The van der Waals surface area contributed by atoms with Crippen LogP contribution in [0.3, 0.4) is 0 Å². The van der Waals surface area contributed by atoms with E-state index in [1.807, 2.05) is 0 Å². The third-order valence-corrected chi connectivity index (χ3v) is 4.87. The van der Waals surface area contributed by atoms with Gasteiger partial charge in [0.25, 0.3) is 0 Å². The molecule has 4 rings (SSSR count). The first-order valence-electron chi connectivity index (χ1n) is 8.72. The Labute approximate surface area is 168 Å². The molecular formula is C22H13ClF4N2. The van der Waals surface area contributed by atoms with Gasteiger partial charge in [0.2, 0.25) is 0 Å². The average Bonchev–Trinajstić information content (AvgIpc) is 3.08. The zero-order valence-corrected chi connectivity index (χ0v) is 15.6. The molecule has 0 bridgehead atoms. The molecule has 2 nitrogen and oxygen atoms in total. The van der Waals surface area contributed by atoms with Crippen molar-refractivity contribution in [1.29, 1.82) is 0 Å². The molecule has 0 aliphatic heterocycles. The monoisotopic (exact) mass is 416 g/mol. The number of fused-ring (bicyclic) bond motifs is 1. The molecule has 1 aliphatic carbocycles. The number of aromatic nitrogens is 2. The topological polar surface area (TPSA) is 28.7 Å². The first kappa shape index (κ1) is 19.3. The highest BCUT2D eigenvalue weighted by molar-refractivity contribution is 6.33. The van der Waals surface area contributed by atoms with Gasteiger partial charge in [-0.2, -0.15) is 13.2 Å². The summed E-state index contributed by atoms with van der Waals surface area (Å²) in [6, 6.07) is 9.63. The van der Waals surface area contributed by atoms with Gasteiger partial charge in [0.1, 0.15) is 11.6 Å². The van der Waals surface area contributed by atoms with Gasteiger partial charge in [-0.1, -0.05) is 47.7 Å². The number of alkyl halides is 3. The number of hydrogen-bond acceptors (Lipinski definition) is 1. The Morgan fingerprint density at radius 1 is 1.14 bits per heavy atom. The molecule has 1 atom stereocenters. The second kappa shape index (κ2) is 7.41. The van der Waals surface area contributed by atoms with Gasteiger partial charge in [0.05, 0.1) is 27.5 Å². The molecule has 29 heavy (non-hydrogen) atoms. The zero-order chi connectivity index (χ0) is 20.6. The number of nitrogens with one attached hydrogen (secondary N) is 1. The lowest BCUT2D eigenvalue weighted by Gasteiger charge is -2.17. The standard InChI is InChI=1S/C22H13ClF4N2/c23-16-2-1-3-17(24)20(16)21-28-18-11-8-14(12-19(18)29-21)5-4-13-6-9-15(10-7-13)22(25,26)27/h1-3,6-9,11-12,15H,10H2,(H,28,29). The van der Waals surface area contributed by atoms with Gasteiger partial charge in [-0.3, -0.25) is 0 Å². The molecule has 7 heteroatoms. The van der Waals surface area contributed by atoms with Crippen molar-refractivity contribution in [2.75, 3.05) is 0 Å². The lowest BCUT2D eigenvalue weighted by Crippen LogP contribution is -2.21. The van der Waals surface area contributed by atoms with Crippen LogP contribution in [-0.2, 0) is 0 Å². The molecule has 3 aromatic rings. The summed E-state index contributed by atoms with van der Waals surface area (Å²) in [4.78, 5) is 7.41. The van der Waals surface area contributed by atoms with Crippen LogP contribution in [0.15, 0.2) is 60.2 Å². The number of rotatable bonds is 1. The lowest BCUT2D eigenvalue weighted by molar-refractivity contribution is -0.160. The molecule has 0 fully saturated rings. The Kier molecular flexibility index (Phi) is 4.93. The van der Waals surface area contributed by atoms with Crippen LogP contribution in [0.1, 0.15) is 12.0 Å². The number of benzene rings is 2. The molecule has 2 aromatic carbocycles. The van der Waals surface area contributed by atoms with E-state index in [0.29, 0.717) is 28.0 Å². The molecule has 0 saturated heterocycles. The summed E-state index contributed by atoms with van der Waals surface area (Å²) in [6.07, 6.45) is -0.348. The maximum atomic E-state index is 14.1. The number of nitrogens with zero attached hydrogens (tertiary/aromatic N) is 1. The fourth-order valence-corrected chi connectivity index (χ4v) is 3.28. The fourth-order valence-electron chi connectivity index (χ4n) is 3.03. The maximum Gasteiger partial charge on any atom is 0.395 e. The van der Waals surface area contributed by atoms with E-state index in [1.54, 1.807) is 24.3 Å². The van der Waals surface area contributed by atoms with Crippen LogP contribution in [0.25, 0.3) is 22.4 Å². The molecule has 1 N–H and O–H groups in total. The number of allylic oxidation sites excluding steroid dienone is 4. The smallest absolute Gasteiger partial charge is 0.338 e. The van der Waals surface area contributed by atoms with E-state index in [2.05, 4.69) is 21.8 Å². The highest BCUT2D eigenvalue weighted by Crippen LogP contribution is 2.33. The van der Waals surface area contributed by atoms with Crippen LogP contribution in [0, 0.1) is 23.6 Å². The summed E-state index contributed by atoms with van der Waals surface area (Å²) in [6.45, 7) is 0. The Morgan fingerprint density at radius 3 is 2.66 bits per heavy atom. The van der Waals surface area contributed by atoms with Crippen LogP contribution < -0.4 is 0 Å². The van der Waals surface area contributed by atoms with Crippen LogP contribution >= 0.6 is 11.6 Å². The van der Waals surface area contributed by atoms with Crippen LogP contribution in [0.5, 0.6) is 0 Å². The predicted molar refractivity (Wildman–Crippen MR) is 105 cm³/mol. The van der Waals surface area contributed by atoms with Crippen LogP contribution in [0.2, 0.25) is 5.02 Å². The summed E-state index contributed by atoms with van der Waals surface area (Å²) < 4.78 is 52.2. The van der Waals surface area contributed by atoms with Crippen molar-refractivity contribution in [1.82, 2.24) is 9.97 Å². The third-order valence-electron chi connectivity index (χ3n) is 4.55. The van der Waals surface area contributed by atoms with Crippen molar-refractivity contribution >= 4 is 22.6 Å². The van der Waals surface area contributed by atoms with Gasteiger partial charge < -0.3 is 4.98 Å². The summed E-state index contributed by atoms with van der Waals surface area (Å²) in [7, 11) is 0. The Bertz CT molecular complexity index is 1190. The number of aromatic amines is 1. The van der Waals surface area contributed by atoms with E-state index in [9.17, 15) is 17.6 Å². The van der Waals surface area contributed by atoms with E-state index < -0.39 is 17.9 Å². The van der Waals surface area contributed by atoms with Gasteiger partial charge >= 0.3 is 6.18 Å². The van der Waals surface area contributed by atoms with Crippen molar-refractivity contribution in [2.45, 2.75) is 12.6 Å². The van der Waals surface area contributed by atoms with Crippen molar-refractivity contribution < 1.29 is 17.6 Å². The van der Waals surface area contributed by atoms with Crippen molar-refractivity contribution in [3.05, 3.63) is 76.6 Å². The van der Waals surface area contributed by atoms with E-state index in [4.69, 9.17) is 11.6 Å². The minimum atomic E-state index is -4.24. The van der Waals surface area contributed by atoms with Crippen molar-refractivity contribution in [2.24, 2.45) is 5.92 Å². The highest BCUT2D eigenvalue weighted by atomic mass is 35.5. The van der Waals surface area contributed by atoms with Gasteiger partial charge in [0.15, 0.2) is 0 Å². The molecule has 1 aliphatic rings. The van der Waals surface area contributed by atoms with Crippen LogP contribution in [-0.4, -0.2) is 16.1 Å². The Morgan fingerprint density at radius 2 is 1.97 bits per heavy atom. The Balaban J connectivity index is 1.59. The lowest BCUT2D eigenvalue weighted by atomic mass is 9.96. The molecule has 1 unspecified atom stereocenters. The van der Waals surface area contributed by atoms with E-state index in [-0.39, 0.29) is 17.0 Å². The minimum absolute atomic E-state index is 0.115. The predicted octanol–water partition coefficient (Wildman–Crippen LogP) is 6.44. The van der Waals surface area contributed by atoms with Gasteiger partial charge in [-0.25, -0.2) is 9.37 Å². The molecule has 1 heterocycles. The summed E-state index contributed by atoms with van der Waals surface area (Å²) in [5.74, 6) is 4.17. The van der Waals surface area contributed by atoms with Crippen molar-refractivity contribution in [3.8, 4) is 23.2 Å². The summed E-state index contributed by atoms with van der Waals surface area (Å²) in [5.41, 5.74) is 2.65. The zero-order valence-electron chi connectivity index (χ0n) is 14.8. The first-order valence-corrected chi connectivity index (χ1v) is 9.10. The molecule has 0 radical (unpaired) electrons. The number of imidazole rings is 1. The number of halogens is 5. The number of hydrogen-bond donors (Lipinski definition) is 1. The second-order valence-corrected chi connectivity index (χ2v) is 6.97. The van der Waals surface area contributed by atoms with E-state index in [1.165, 1.54) is 24.3 Å². The third kappa shape index (κ3) is 4.06.